The van der Waals surface area contributed by atoms with Crippen LogP contribution in [0.25, 0.3) is 0 Å². The number of carbonyl (C=O) groups is 6. The Morgan fingerprint density at radius 3 is 2.02 bits per heavy atom. The fourth-order valence-electron chi connectivity index (χ4n) is 6.47. The predicted octanol–water partition coefficient (Wildman–Crippen LogP) is 2.03. The van der Waals surface area contributed by atoms with Gasteiger partial charge in [-0.05, 0) is 40.4 Å². The van der Waals surface area contributed by atoms with Gasteiger partial charge in [0.1, 0.15) is 18.7 Å². The quantitative estimate of drug-likeness (QED) is 0.251. The van der Waals surface area contributed by atoms with Crippen molar-refractivity contribution in [1.29, 1.82) is 0 Å². The first-order valence-electron chi connectivity index (χ1n) is 15.9. The molecule has 3 unspecified atom stereocenters. The molecule has 0 aromatic rings. The van der Waals surface area contributed by atoms with Gasteiger partial charge in [-0.1, -0.05) is 74.7 Å². The molecule has 3 rings (SSSR count). The number of carbonyl (C=O) groups excluding carboxylic acids is 6. The maximum absolute atomic E-state index is 14.2. The summed E-state index contributed by atoms with van der Waals surface area (Å²) in [4.78, 5) is 80.8. The van der Waals surface area contributed by atoms with Crippen molar-refractivity contribution < 1.29 is 33.5 Å². The SMILES string of the molecule is CN(C)C(=O)OC[C@@H](NC(=O)NC(C(=O)N1C[C@H]2[C@@H](C1C(=O)NC(CC1CCC1)C(=O)C(N)=O)C2(C)C)C(C)(C)C)C(C)(C)C. The Labute approximate surface area is 267 Å². The highest BCUT2D eigenvalue weighted by atomic mass is 16.6. The van der Waals surface area contributed by atoms with Crippen LogP contribution in [0.1, 0.15) is 81.1 Å². The van der Waals surface area contributed by atoms with Crippen LogP contribution in [0.15, 0.2) is 0 Å². The van der Waals surface area contributed by atoms with Gasteiger partial charge in [0.25, 0.3) is 5.91 Å². The second-order valence-electron chi connectivity index (χ2n) is 16.0. The summed E-state index contributed by atoms with van der Waals surface area (Å²) in [5.41, 5.74) is 3.92. The minimum atomic E-state index is -1.10. The van der Waals surface area contributed by atoms with Gasteiger partial charge in [0, 0.05) is 20.6 Å². The maximum atomic E-state index is 14.2. The van der Waals surface area contributed by atoms with Crippen LogP contribution in [0.4, 0.5) is 9.59 Å². The van der Waals surface area contributed by atoms with E-state index in [-0.39, 0.29) is 29.8 Å². The molecule has 6 atom stereocenters. The molecule has 1 saturated heterocycles. The number of amides is 6. The summed E-state index contributed by atoms with van der Waals surface area (Å²) < 4.78 is 5.34. The lowest BCUT2D eigenvalue weighted by molar-refractivity contribution is -0.145. The number of hydrogen-bond acceptors (Lipinski definition) is 7. The zero-order valence-electron chi connectivity index (χ0n) is 28.6. The van der Waals surface area contributed by atoms with Crippen LogP contribution in [0.2, 0.25) is 0 Å². The molecular formula is C32H54N6O7. The maximum Gasteiger partial charge on any atom is 0.409 e. The van der Waals surface area contributed by atoms with E-state index in [1.165, 1.54) is 9.80 Å². The van der Waals surface area contributed by atoms with Crippen LogP contribution in [0.5, 0.6) is 0 Å². The standard InChI is InChI=1S/C32H54N6O7/c1-30(2,3)20(16-45-29(44)37(9)10)35-28(43)36-24(31(4,5)6)27(42)38-15-18-21(32(18,7)8)22(38)26(41)34-19(23(39)25(33)40)14-17-12-11-13-17/h17-22,24H,11-16H2,1-10H3,(H2,33,40)(H,34,41)(H2,35,36,43)/t18-,19?,20+,21-,22?,24?/m0/s1. The molecule has 1 aliphatic heterocycles. The molecule has 13 nitrogen and oxygen atoms in total. The first-order valence-corrected chi connectivity index (χ1v) is 15.9. The molecule has 0 spiro atoms. The summed E-state index contributed by atoms with van der Waals surface area (Å²) >= 11 is 0. The smallest absolute Gasteiger partial charge is 0.409 e. The van der Waals surface area contributed by atoms with Crippen LogP contribution in [0.3, 0.4) is 0 Å². The molecule has 0 aromatic heterocycles. The van der Waals surface area contributed by atoms with Crippen molar-refractivity contribution in [2.24, 2.45) is 39.7 Å². The minimum absolute atomic E-state index is 0.0685. The minimum Gasteiger partial charge on any atom is -0.447 e. The predicted molar refractivity (Wildman–Crippen MR) is 168 cm³/mol. The van der Waals surface area contributed by atoms with Gasteiger partial charge in [0.2, 0.25) is 17.6 Å². The zero-order valence-corrected chi connectivity index (χ0v) is 28.6. The topological polar surface area (TPSA) is 180 Å². The van der Waals surface area contributed by atoms with E-state index in [4.69, 9.17) is 10.5 Å². The summed E-state index contributed by atoms with van der Waals surface area (Å²) in [6, 6.07) is -4.09. The number of Topliss-reactive ketones (excluding diaryl/α,β-unsaturated/α-hetero) is 1. The molecule has 2 saturated carbocycles. The number of nitrogens with two attached hydrogens (primary N) is 1. The van der Waals surface area contributed by atoms with Crippen molar-refractivity contribution >= 4 is 35.6 Å². The number of likely N-dealkylation sites (tertiary alicyclic amines) is 1. The van der Waals surface area contributed by atoms with Gasteiger partial charge in [-0.25, -0.2) is 9.59 Å². The molecule has 0 bridgehead atoms. The fraction of sp³-hybridized carbons (Fsp3) is 0.812. The normalized spacial score (nSPS) is 24.2. The molecule has 6 amide bonds. The summed E-state index contributed by atoms with van der Waals surface area (Å²) in [7, 11) is 3.13. The lowest BCUT2D eigenvalue weighted by Gasteiger charge is -2.39. The van der Waals surface area contributed by atoms with Gasteiger partial charge in [-0.3, -0.25) is 19.2 Å². The molecule has 2 aliphatic carbocycles. The van der Waals surface area contributed by atoms with Gasteiger partial charge >= 0.3 is 12.1 Å². The Morgan fingerprint density at radius 2 is 1.56 bits per heavy atom. The molecule has 3 aliphatic rings. The molecule has 1 heterocycles. The second kappa shape index (κ2) is 13.2. The fourth-order valence-corrected chi connectivity index (χ4v) is 6.47. The second-order valence-corrected chi connectivity index (χ2v) is 16.0. The first kappa shape index (κ1) is 36.1. The Balaban J connectivity index is 1.80. The number of ketones is 1. The molecule has 5 N–H and O–H groups in total. The van der Waals surface area contributed by atoms with E-state index < -0.39 is 70.6 Å². The van der Waals surface area contributed by atoms with Crippen LogP contribution < -0.4 is 21.7 Å². The van der Waals surface area contributed by atoms with Crippen LogP contribution in [0, 0.1) is 34.0 Å². The van der Waals surface area contributed by atoms with E-state index in [1.54, 1.807) is 14.1 Å². The Kier molecular flexibility index (Phi) is 10.6. The number of piperidine rings is 1. The summed E-state index contributed by atoms with van der Waals surface area (Å²) in [5, 5.41) is 8.48. The third kappa shape index (κ3) is 8.26. The average molecular weight is 635 g/mol. The molecule has 0 aromatic carbocycles. The van der Waals surface area contributed by atoms with Gasteiger partial charge in [0.15, 0.2) is 0 Å². The molecule has 13 heteroatoms. The highest BCUT2D eigenvalue weighted by Crippen LogP contribution is 2.65. The van der Waals surface area contributed by atoms with Crippen molar-refractivity contribution in [3.63, 3.8) is 0 Å². The van der Waals surface area contributed by atoms with Crippen LogP contribution in [-0.2, 0) is 23.9 Å². The Bertz CT molecular complexity index is 1180. The first-order chi connectivity index (χ1) is 20.6. The van der Waals surface area contributed by atoms with Gasteiger partial charge in [-0.2, -0.15) is 0 Å². The zero-order chi connectivity index (χ0) is 34.2. The highest BCUT2D eigenvalue weighted by molar-refractivity contribution is 6.37. The number of ether oxygens (including phenoxy) is 1. The molecule has 45 heavy (non-hydrogen) atoms. The average Bonchev–Trinajstić information content (AvgIpc) is 3.20. The van der Waals surface area contributed by atoms with E-state index >= 15 is 0 Å². The summed E-state index contributed by atoms with van der Waals surface area (Å²) in [5.74, 6) is -2.69. The Morgan fingerprint density at radius 1 is 0.956 bits per heavy atom. The van der Waals surface area contributed by atoms with Crippen molar-refractivity contribution in [1.82, 2.24) is 25.8 Å². The summed E-state index contributed by atoms with van der Waals surface area (Å²) in [6.07, 6.45) is 2.66. The van der Waals surface area contributed by atoms with Crippen molar-refractivity contribution in [2.75, 3.05) is 27.2 Å². The number of nitrogens with zero attached hydrogens (tertiary/aromatic N) is 2. The lowest BCUT2D eigenvalue weighted by atomic mass is 9.80. The van der Waals surface area contributed by atoms with E-state index in [2.05, 4.69) is 16.0 Å². The lowest BCUT2D eigenvalue weighted by Crippen LogP contribution is -2.62. The van der Waals surface area contributed by atoms with Gasteiger partial charge < -0.3 is 36.2 Å². The van der Waals surface area contributed by atoms with Crippen molar-refractivity contribution in [3.8, 4) is 0 Å². The van der Waals surface area contributed by atoms with E-state index in [0.717, 1.165) is 19.3 Å². The monoisotopic (exact) mass is 634 g/mol. The highest BCUT2D eigenvalue weighted by Gasteiger charge is 2.70. The number of hydrogen-bond donors (Lipinski definition) is 4. The summed E-state index contributed by atoms with van der Waals surface area (Å²) in [6.45, 7) is 15.5. The third-order valence-electron chi connectivity index (χ3n) is 9.91. The third-order valence-corrected chi connectivity index (χ3v) is 9.91. The number of nitrogens with one attached hydrogen (secondary N) is 3. The van der Waals surface area contributed by atoms with Crippen molar-refractivity contribution in [2.45, 2.75) is 105 Å². The number of rotatable bonds is 11. The van der Waals surface area contributed by atoms with Gasteiger partial charge in [0.05, 0.1) is 12.1 Å². The number of urea groups is 1. The number of fused-ring (bicyclic) bond motifs is 1. The van der Waals surface area contributed by atoms with Gasteiger partial charge in [-0.15, -0.1) is 0 Å². The largest absolute Gasteiger partial charge is 0.447 e. The van der Waals surface area contributed by atoms with E-state index in [9.17, 15) is 28.8 Å². The van der Waals surface area contributed by atoms with E-state index in [0.29, 0.717) is 13.0 Å². The van der Waals surface area contributed by atoms with Crippen LogP contribution >= 0.6 is 0 Å². The van der Waals surface area contributed by atoms with E-state index in [1.807, 2.05) is 55.4 Å². The molecule has 0 radical (unpaired) electrons. The van der Waals surface area contributed by atoms with Crippen LogP contribution in [-0.4, -0.2) is 96.8 Å². The number of primary amides is 1. The Hall–Kier alpha value is -3.38. The van der Waals surface area contributed by atoms with Crippen molar-refractivity contribution in [3.05, 3.63) is 0 Å². The molecular weight excluding hydrogens is 580 g/mol. The molecule has 254 valence electrons. The molecule has 3 fully saturated rings.